The number of rotatable bonds is 6. The fourth-order valence-corrected chi connectivity index (χ4v) is 3.77. The molecule has 158 valence electrons. The molecular weight excluding hydrogens is 384 g/mol. The lowest BCUT2D eigenvalue weighted by Crippen LogP contribution is -2.39. The first-order valence-corrected chi connectivity index (χ1v) is 9.91. The number of ether oxygens (including phenoxy) is 1. The zero-order valence-corrected chi connectivity index (χ0v) is 17.3. The maximum Gasteiger partial charge on any atom is 0.309 e. The average molecular weight is 409 g/mol. The Morgan fingerprint density at radius 2 is 1.67 bits per heavy atom. The highest BCUT2D eigenvalue weighted by Gasteiger charge is 2.43. The molecule has 0 aromatic heterocycles. The number of aromatic carboxylic acids is 1. The largest absolute Gasteiger partial charge is 0.545 e. The predicted octanol–water partition coefficient (Wildman–Crippen LogP) is 3.68. The van der Waals surface area contributed by atoms with Crippen molar-refractivity contribution in [1.29, 1.82) is 0 Å². The molecule has 0 radical (unpaired) electrons. The molecule has 0 aliphatic heterocycles. The van der Waals surface area contributed by atoms with E-state index in [0.29, 0.717) is 23.4 Å². The van der Waals surface area contributed by atoms with Crippen LogP contribution in [0.2, 0.25) is 0 Å². The smallest absolute Gasteiger partial charge is 0.309 e. The Morgan fingerprint density at radius 1 is 1.03 bits per heavy atom. The summed E-state index contributed by atoms with van der Waals surface area (Å²) in [5, 5.41) is 30.5. The summed E-state index contributed by atoms with van der Waals surface area (Å²) in [6, 6.07) is 11.4. The van der Waals surface area contributed by atoms with Crippen molar-refractivity contribution in [2.24, 2.45) is 10.2 Å². The molecule has 1 unspecified atom stereocenters. The van der Waals surface area contributed by atoms with Crippen LogP contribution in [0.25, 0.3) is 0 Å². The lowest BCUT2D eigenvalue weighted by molar-refractivity contribution is -0.255. The molecule has 1 aliphatic carbocycles. The molecule has 2 aromatic rings. The number of esters is 1. The second kappa shape index (κ2) is 8.36. The van der Waals surface area contributed by atoms with E-state index >= 15 is 0 Å². The molecule has 3 rings (SSSR count). The number of nitrogens with zero attached hydrogens (tertiary/aromatic N) is 2. The molecule has 0 bridgehead atoms. The van der Waals surface area contributed by atoms with Crippen molar-refractivity contribution < 1.29 is 24.5 Å². The van der Waals surface area contributed by atoms with Crippen molar-refractivity contribution in [2.45, 2.75) is 51.0 Å². The van der Waals surface area contributed by atoms with Gasteiger partial charge in [-0.15, -0.1) is 0 Å². The third kappa shape index (κ3) is 4.57. The summed E-state index contributed by atoms with van der Waals surface area (Å²) in [6.45, 7) is 6.21. The summed E-state index contributed by atoms with van der Waals surface area (Å²) in [4.78, 5) is 22.9. The monoisotopic (exact) mass is 409 g/mol. The molecular formula is C23H25N2O5-. The van der Waals surface area contributed by atoms with Gasteiger partial charge in [-0.25, -0.2) is 0 Å². The van der Waals surface area contributed by atoms with E-state index < -0.39 is 17.5 Å². The van der Waals surface area contributed by atoms with Gasteiger partial charge in [0.1, 0.15) is 5.60 Å². The lowest BCUT2D eigenvalue weighted by Gasteiger charge is -2.42. The van der Waals surface area contributed by atoms with Crippen LogP contribution >= 0.6 is 0 Å². The molecule has 30 heavy (non-hydrogen) atoms. The molecule has 0 fully saturated rings. The topological polar surface area (TPSA) is 111 Å². The van der Waals surface area contributed by atoms with Crippen molar-refractivity contribution in [2.75, 3.05) is 6.61 Å². The molecule has 7 heteroatoms. The number of fused-ring (bicyclic) bond motifs is 1. The van der Waals surface area contributed by atoms with Gasteiger partial charge in [0.2, 0.25) is 0 Å². The van der Waals surface area contributed by atoms with Gasteiger partial charge in [0.05, 0.1) is 30.4 Å². The second-order valence-electron chi connectivity index (χ2n) is 8.16. The van der Waals surface area contributed by atoms with E-state index in [9.17, 15) is 19.8 Å². The highest BCUT2D eigenvalue weighted by Crippen LogP contribution is 2.47. The van der Waals surface area contributed by atoms with E-state index in [1.54, 1.807) is 13.0 Å². The first-order chi connectivity index (χ1) is 14.1. The van der Waals surface area contributed by atoms with Gasteiger partial charge in [-0.05, 0) is 66.1 Å². The molecule has 1 N–H and O–H groups in total. The summed E-state index contributed by atoms with van der Waals surface area (Å²) in [7, 11) is 0. The molecule has 0 saturated heterocycles. The minimum absolute atomic E-state index is 0.0639. The van der Waals surface area contributed by atoms with Gasteiger partial charge >= 0.3 is 5.97 Å². The fourth-order valence-electron chi connectivity index (χ4n) is 3.77. The Balaban J connectivity index is 1.92. The van der Waals surface area contributed by atoms with Crippen molar-refractivity contribution in [1.82, 2.24) is 0 Å². The molecule has 1 atom stereocenters. The number of carboxylic acid groups (broad SMARTS) is 1. The Hall–Kier alpha value is -3.06. The van der Waals surface area contributed by atoms with E-state index in [1.165, 1.54) is 24.3 Å². The molecule has 0 spiro atoms. The zero-order valence-electron chi connectivity index (χ0n) is 17.3. The van der Waals surface area contributed by atoms with Crippen LogP contribution in [0.4, 0.5) is 11.4 Å². The normalized spacial score (nSPS) is 20.0. The van der Waals surface area contributed by atoms with Crippen molar-refractivity contribution in [3.05, 3.63) is 59.2 Å². The van der Waals surface area contributed by atoms with Crippen LogP contribution in [0.15, 0.2) is 52.7 Å². The summed E-state index contributed by atoms with van der Waals surface area (Å²) in [6.07, 6.45) is 1.06. The fraction of sp³-hybridized carbons (Fsp3) is 0.391. The maximum atomic E-state index is 12.1. The number of carbonyl (C=O) groups is 2. The van der Waals surface area contributed by atoms with E-state index in [4.69, 9.17) is 4.74 Å². The van der Waals surface area contributed by atoms with E-state index in [2.05, 4.69) is 24.1 Å². The van der Waals surface area contributed by atoms with Crippen LogP contribution in [0.5, 0.6) is 0 Å². The Kier molecular flexibility index (Phi) is 6.03. The third-order valence-electron chi connectivity index (χ3n) is 5.52. The van der Waals surface area contributed by atoms with Crippen LogP contribution < -0.4 is 5.11 Å². The molecule has 1 aliphatic rings. The van der Waals surface area contributed by atoms with Crippen molar-refractivity contribution in [3.63, 3.8) is 0 Å². The molecule has 0 saturated carbocycles. The highest BCUT2D eigenvalue weighted by atomic mass is 16.5. The average Bonchev–Trinajstić information content (AvgIpc) is 2.70. The predicted molar refractivity (Wildman–Crippen MR) is 109 cm³/mol. The Labute approximate surface area is 175 Å². The number of carboxylic acids is 1. The summed E-state index contributed by atoms with van der Waals surface area (Å²) < 4.78 is 5.05. The van der Waals surface area contributed by atoms with Crippen LogP contribution in [0, 0.1) is 0 Å². The number of hydrogen-bond donors (Lipinski definition) is 1. The summed E-state index contributed by atoms with van der Waals surface area (Å²) in [5.41, 5.74) is 1.24. The number of aliphatic hydroxyl groups is 1. The number of azo groups is 1. The highest BCUT2D eigenvalue weighted by molar-refractivity contribution is 5.86. The molecule has 2 aromatic carbocycles. The van der Waals surface area contributed by atoms with Gasteiger partial charge in [-0.1, -0.05) is 32.0 Å². The lowest BCUT2D eigenvalue weighted by atomic mass is 9.66. The van der Waals surface area contributed by atoms with E-state index in [0.717, 1.165) is 12.0 Å². The maximum absolute atomic E-state index is 12.1. The summed E-state index contributed by atoms with van der Waals surface area (Å²) >= 11 is 0. The van der Waals surface area contributed by atoms with Crippen LogP contribution in [-0.4, -0.2) is 23.7 Å². The minimum Gasteiger partial charge on any atom is -0.545 e. The number of carbonyl (C=O) groups excluding carboxylic acids is 2. The first kappa shape index (κ1) is 21.6. The van der Waals surface area contributed by atoms with Gasteiger partial charge in [-0.2, -0.15) is 10.2 Å². The van der Waals surface area contributed by atoms with Crippen molar-refractivity contribution in [3.8, 4) is 0 Å². The van der Waals surface area contributed by atoms with Gasteiger partial charge in [0.25, 0.3) is 0 Å². The number of hydrogen-bond acceptors (Lipinski definition) is 7. The van der Waals surface area contributed by atoms with Crippen molar-refractivity contribution >= 4 is 23.3 Å². The van der Waals surface area contributed by atoms with Crippen LogP contribution in [0.1, 0.15) is 61.5 Å². The Morgan fingerprint density at radius 3 is 2.30 bits per heavy atom. The van der Waals surface area contributed by atoms with Gasteiger partial charge in [0.15, 0.2) is 0 Å². The summed E-state index contributed by atoms with van der Waals surface area (Å²) in [5.74, 6) is -1.69. The van der Waals surface area contributed by atoms with Crippen LogP contribution in [0.3, 0.4) is 0 Å². The third-order valence-corrected chi connectivity index (χ3v) is 5.52. The van der Waals surface area contributed by atoms with E-state index in [1.807, 2.05) is 12.1 Å². The quantitative estimate of drug-likeness (QED) is 0.578. The standard InChI is InChI=1S/C23H26N2O5/c1-4-30-20(26)14-23(29)12-11-22(2,3)18-10-9-17(13-19(18)23)25-24-16-7-5-15(6-8-16)21(27)28/h5-10,13,29H,4,11-12,14H2,1-3H3,(H,27,28)/p-1. The molecule has 0 heterocycles. The van der Waals surface area contributed by atoms with Gasteiger partial charge in [-0.3, -0.25) is 4.79 Å². The minimum atomic E-state index is -1.32. The van der Waals surface area contributed by atoms with Gasteiger partial charge in [0, 0.05) is 0 Å². The van der Waals surface area contributed by atoms with Gasteiger partial charge < -0.3 is 19.7 Å². The molecule has 7 nitrogen and oxygen atoms in total. The van der Waals surface area contributed by atoms with E-state index in [-0.39, 0.29) is 24.0 Å². The SMILES string of the molecule is CCOC(=O)CC1(O)CCC(C)(C)c2ccc(N=Nc3ccc(C(=O)[O-])cc3)cc21. The molecule has 0 amide bonds. The first-order valence-electron chi connectivity index (χ1n) is 9.91. The Bertz CT molecular complexity index is 982. The number of benzene rings is 2. The van der Waals surface area contributed by atoms with Crippen LogP contribution in [-0.2, 0) is 20.5 Å². The second-order valence-corrected chi connectivity index (χ2v) is 8.16. The zero-order chi connectivity index (χ0) is 21.9.